The number of aromatic nitrogens is 1. The summed E-state index contributed by atoms with van der Waals surface area (Å²) in [4.78, 5) is 41.2. The van der Waals surface area contributed by atoms with Crippen molar-refractivity contribution in [3.63, 3.8) is 0 Å². The van der Waals surface area contributed by atoms with E-state index in [-0.39, 0.29) is 22.1 Å². The van der Waals surface area contributed by atoms with E-state index < -0.39 is 23.4 Å². The smallest absolute Gasteiger partial charge is 0.338 e. The maximum atomic E-state index is 12.3. The molecule has 1 saturated heterocycles. The van der Waals surface area contributed by atoms with Gasteiger partial charge in [-0.25, -0.2) is 9.78 Å². The number of anilines is 2. The number of piperidine rings is 1. The molecule has 0 aliphatic carbocycles. The molecule has 1 N–H and O–H groups in total. The van der Waals surface area contributed by atoms with Crippen LogP contribution in [-0.4, -0.2) is 41.5 Å². The van der Waals surface area contributed by atoms with E-state index in [0.717, 1.165) is 19.4 Å². The van der Waals surface area contributed by atoms with Crippen molar-refractivity contribution in [2.75, 3.05) is 29.9 Å². The standard InChI is InChI=1S/C20H20Cl2N4O5/c1-12-3-2-6-25(10-12)16-5-4-13(7-17(16)26(29)30)20(28)31-11-18(27)24-19-15(22)8-14(21)9-23-19/h4-5,7-9,12H,2-3,6,10-11H2,1H3,(H,23,24,27)/t12-/m1/s1. The molecule has 1 aliphatic rings. The van der Waals surface area contributed by atoms with Crippen LogP contribution in [0, 0.1) is 16.0 Å². The fourth-order valence-electron chi connectivity index (χ4n) is 3.36. The number of ether oxygens (including phenoxy) is 1. The summed E-state index contributed by atoms with van der Waals surface area (Å²) in [6, 6.07) is 5.58. The zero-order valence-corrected chi connectivity index (χ0v) is 18.2. The molecule has 0 unspecified atom stereocenters. The first-order chi connectivity index (χ1) is 14.7. The topological polar surface area (TPSA) is 115 Å². The van der Waals surface area contributed by atoms with Gasteiger partial charge in [0.05, 0.1) is 20.5 Å². The fraction of sp³-hybridized carbons (Fsp3) is 0.350. The van der Waals surface area contributed by atoms with Gasteiger partial charge in [-0.1, -0.05) is 30.1 Å². The molecule has 9 nitrogen and oxygen atoms in total. The van der Waals surface area contributed by atoms with Gasteiger partial charge in [0, 0.05) is 25.4 Å². The Kier molecular flexibility index (Phi) is 7.29. The van der Waals surface area contributed by atoms with E-state index in [2.05, 4.69) is 17.2 Å². The van der Waals surface area contributed by atoms with Crippen LogP contribution in [0.5, 0.6) is 0 Å². The molecule has 1 amide bonds. The number of amides is 1. The quantitative estimate of drug-likeness (QED) is 0.382. The molecule has 2 heterocycles. The Bertz CT molecular complexity index is 1020. The van der Waals surface area contributed by atoms with Gasteiger partial charge in [0.15, 0.2) is 12.4 Å². The number of nitro benzene ring substituents is 1. The minimum Gasteiger partial charge on any atom is -0.452 e. The second kappa shape index (κ2) is 9.93. The van der Waals surface area contributed by atoms with Crippen LogP contribution in [0.25, 0.3) is 0 Å². The molecule has 31 heavy (non-hydrogen) atoms. The highest BCUT2D eigenvalue weighted by atomic mass is 35.5. The fourth-order valence-corrected chi connectivity index (χ4v) is 3.79. The first-order valence-electron chi connectivity index (χ1n) is 9.56. The molecule has 1 aliphatic heterocycles. The summed E-state index contributed by atoms with van der Waals surface area (Å²) in [5.41, 5.74) is 0.274. The average Bonchev–Trinajstić information content (AvgIpc) is 2.73. The number of nitrogens with zero attached hydrogens (tertiary/aromatic N) is 3. The Balaban J connectivity index is 1.66. The van der Waals surface area contributed by atoms with Gasteiger partial charge in [-0.3, -0.25) is 14.9 Å². The van der Waals surface area contributed by atoms with Crippen LogP contribution in [0.2, 0.25) is 10.0 Å². The van der Waals surface area contributed by atoms with Crippen LogP contribution in [0.4, 0.5) is 17.2 Å². The summed E-state index contributed by atoms with van der Waals surface area (Å²) in [6.45, 7) is 2.92. The van der Waals surface area contributed by atoms with Crippen molar-refractivity contribution in [1.82, 2.24) is 4.98 Å². The van der Waals surface area contributed by atoms with E-state index in [4.69, 9.17) is 27.9 Å². The Hall–Kier alpha value is -2.91. The molecule has 0 saturated carbocycles. The molecule has 1 fully saturated rings. The van der Waals surface area contributed by atoms with Gasteiger partial charge in [-0.05, 0) is 37.0 Å². The van der Waals surface area contributed by atoms with Crippen molar-refractivity contribution in [3.05, 3.63) is 56.2 Å². The van der Waals surface area contributed by atoms with Crippen LogP contribution in [-0.2, 0) is 9.53 Å². The molecule has 3 rings (SSSR count). The molecule has 0 bridgehead atoms. The lowest BCUT2D eigenvalue weighted by atomic mass is 9.99. The number of esters is 1. The number of pyridine rings is 1. The Morgan fingerprint density at radius 3 is 2.81 bits per heavy atom. The molecule has 11 heteroatoms. The van der Waals surface area contributed by atoms with Crippen molar-refractivity contribution in [1.29, 1.82) is 0 Å². The third-order valence-electron chi connectivity index (χ3n) is 4.81. The summed E-state index contributed by atoms with van der Waals surface area (Å²) in [6.07, 6.45) is 3.33. The van der Waals surface area contributed by atoms with Crippen molar-refractivity contribution < 1.29 is 19.2 Å². The number of carbonyl (C=O) groups excluding carboxylic acids is 2. The maximum absolute atomic E-state index is 12.3. The zero-order valence-electron chi connectivity index (χ0n) is 16.6. The molecule has 164 valence electrons. The van der Waals surface area contributed by atoms with Crippen LogP contribution in [0.15, 0.2) is 30.5 Å². The first-order valence-corrected chi connectivity index (χ1v) is 10.3. The predicted molar refractivity (Wildman–Crippen MR) is 117 cm³/mol. The lowest BCUT2D eigenvalue weighted by Crippen LogP contribution is -2.34. The minimum atomic E-state index is -0.855. The highest BCUT2D eigenvalue weighted by molar-refractivity contribution is 6.36. The van der Waals surface area contributed by atoms with Gasteiger partial charge in [-0.2, -0.15) is 0 Å². The summed E-state index contributed by atoms with van der Waals surface area (Å²) in [5.74, 6) is -1.02. The van der Waals surface area contributed by atoms with E-state index in [0.29, 0.717) is 23.2 Å². The normalized spacial score (nSPS) is 16.0. The summed E-state index contributed by atoms with van der Waals surface area (Å²) >= 11 is 11.7. The van der Waals surface area contributed by atoms with Gasteiger partial charge in [0.2, 0.25) is 0 Å². The van der Waals surface area contributed by atoms with Crippen LogP contribution in [0.1, 0.15) is 30.1 Å². The van der Waals surface area contributed by atoms with Gasteiger partial charge >= 0.3 is 5.97 Å². The maximum Gasteiger partial charge on any atom is 0.338 e. The van der Waals surface area contributed by atoms with E-state index in [1.165, 1.54) is 24.4 Å². The Morgan fingerprint density at radius 2 is 2.13 bits per heavy atom. The summed E-state index contributed by atoms with van der Waals surface area (Å²) in [7, 11) is 0. The lowest BCUT2D eigenvalue weighted by Gasteiger charge is -2.32. The molecule has 1 aromatic heterocycles. The van der Waals surface area contributed by atoms with Crippen LogP contribution < -0.4 is 10.2 Å². The van der Waals surface area contributed by atoms with Crippen LogP contribution in [0.3, 0.4) is 0 Å². The molecule has 0 radical (unpaired) electrons. The highest BCUT2D eigenvalue weighted by Crippen LogP contribution is 2.32. The molecule has 1 aromatic carbocycles. The van der Waals surface area contributed by atoms with Crippen molar-refractivity contribution in [3.8, 4) is 0 Å². The number of halogens is 2. The molecule has 1 atom stereocenters. The number of hydrogen-bond donors (Lipinski definition) is 1. The van der Waals surface area contributed by atoms with Crippen molar-refractivity contribution in [2.45, 2.75) is 19.8 Å². The average molecular weight is 467 g/mol. The third kappa shape index (κ3) is 5.83. The third-order valence-corrected chi connectivity index (χ3v) is 5.30. The largest absolute Gasteiger partial charge is 0.452 e. The summed E-state index contributed by atoms with van der Waals surface area (Å²) < 4.78 is 4.98. The number of carbonyl (C=O) groups is 2. The highest BCUT2D eigenvalue weighted by Gasteiger charge is 2.25. The van der Waals surface area contributed by atoms with Gasteiger partial charge in [-0.15, -0.1) is 0 Å². The SMILES string of the molecule is C[C@@H]1CCCN(c2ccc(C(=O)OCC(=O)Nc3ncc(Cl)cc3Cl)cc2[N+](=O)[O-])C1. The number of hydrogen-bond acceptors (Lipinski definition) is 7. The van der Waals surface area contributed by atoms with Crippen molar-refractivity contribution in [2.24, 2.45) is 5.92 Å². The number of rotatable bonds is 6. The van der Waals surface area contributed by atoms with E-state index in [9.17, 15) is 19.7 Å². The molecular weight excluding hydrogens is 447 g/mol. The van der Waals surface area contributed by atoms with E-state index in [1.807, 2.05) is 4.90 Å². The molecule has 2 aromatic rings. The molecular formula is C20H20Cl2N4O5. The van der Waals surface area contributed by atoms with Crippen molar-refractivity contribution >= 4 is 52.3 Å². The van der Waals surface area contributed by atoms with E-state index >= 15 is 0 Å². The van der Waals surface area contributed by atoms with E-state index in [1.54, 1.807) is 6.07 Å². The van der Waals surface area contributed by atoms with Crippen LogP contribution >= 0.6 is 23.2 Å². The predicted octanol–water partition coefficient (Wildman–Crippen LogP) is 4.33. The second-order valence-corrected chi connectivity index (χ2v) is 8.11. The minimum absolute atomic E-state index is 0.0176. The lowest BCUT2D eigenvalue weighted by molar-refractivity contribution is -0.384. The second-order valence-electron chi connectivity index (χ2n) is 7.26. The Labute approximate surface area is 188 Å². The Morgan fingerprint density at radius 1 is 1.35 bits per heavy atom. The number of nitrogens with one attached hydrogen (secondary N) is 1. The van der Waals surface area contributed by atoms with Gasteiger partial charge < -0.3 is 15.0 Å². The molecule has 0 spiro atoms. The van der Waals surface area contributed by atoms with Gasteiger partial charge in [0.25, 0.3) is 11.6 Å². The number of benzene rings is 1. The number of nitro groups is 1. The zero-order chi connectivity index (χ0) is 22.5. The summed E-state index contributed by atoms with van der Waals surface area (Å²) in [5, 5.41) is 14.4. The first kappa shape index (κ1) is 22.8. The monoisotopic (exact) mass is 466 g/mol. The van der Waals surface area contributed by atoms with Gasteiger partial charge in [0.1, 0.15) is 5.69 Å².